The molecule has 1 amide bonds. The van der Waals surface area contributed by atoms with Crippen LogP contribution in [0.5, 0.6) is 0 Å². The molecule has 0 spiro atoms. The molecule has 0 radical (unpaired) electrons. The lowest BCUT2D eigenvalue weighted by atomic mass is 9.43. The molecule has 3 unspecified atom stereocenters. The van der Waals surface area contributed by atoms with E-state index in [9.17, 15) is 20.1 Å². The van der Waals surface area contributed by atoms with Crippen LogP contribution in [0.2, 0.25) is 0 Å². The van der Waals surface area contributed by atoms with Crippen LogP contribution in [0.3, 0.4) is 0 Å². The molecule has 1 aromatic carbocycles. The second kappa shape index (κ2) is 24.0. The van der Waals surface area contributed by atoms with Gasteiger partial charge in [-0.2, -0.15) is 0 Å². The summed E-state index contributed by atoms with van der Waals surface area (Å²) in [6.45, 7) is 13.8. The lowest BCUT2D eigenvalue weighted by Crippen LogP contribution is -2.63. The van der Waals surface area contributed by atoms with Gasteiger partial charge in [-0.3, -0.25) is 0 Å². The number of benzene rings is 1. The summed E-state index contributed by atoms with van der Waals surface area (Å²) in [6.07, 6.45) is 19.1. The molecule has 3 N–H and O–H groups in total. The van der Waals surface area contributed by atoms with Gasteiger partial charge in [0.1, 0.15) is 6.61 Å². The van der Waals surface area contributed by atoms with Crippen LogP contribution in [0.15, 0.2) is 30.3 Å². The summed E-state index contributed by atoms with van der Waals surface area (Å²) in [7, 11) is 0. The average Bonchev–Trinajstić information content (AvgIpc) is 3.59. The van der Waals surface area contributed by atoms with Crippen molar-refractivity contribution >= 4 is 6.09 Å². The van der Waals surface area contributed by atoms with Crippen molar-refractivity contribution in [2.24, 2.45) is 46.3 Å². The molecular formula is C49H83NO8. The standard InChI is InChI=1S/C49H83NO8/c1-5-6-7-8-9-13-25-50(47(54)58-36-38-19-11-10-12-20-38)26-14-18-37(2)41-21-22-42-46-43(35-45(49(41,42)4)57-32-17-29-53)48(3)24-23-40(55-30-15-27-51)33-39(48)34-44(46)56-31-16-28-52/h10-12,19-20,37,39-46,51-53H,5-9,13-18,21-36H2,1-4H3/t37?,39?,40-,41-,42+,43+,44-,45+,46?,48+,49-/m1/s1. The van der Waals surface area contributed by atoms with Crippen molar-refractivity contribution in [2.45, 2.75) is 168 Å². The van der Waals surface area contributed by atoms with Crippen LogP contribution in [-0.2, 0) is 25.6 Å². The monoisotopic (exact) mass is 814 g/mol. The highest BCUT2D eigenvalue weighted by Gasteiger charge is 2.66. The maximum Gasteiger partial charge on any atom is 0.410 e. The summed E-state index contributed by atoms with van der Waals surface area (Å²) in [5.41, 5.74) is 1.17. The van der Waals surface area contributed by atoms with Crippen LogP contribution < -0.4 is 0 Å². The van der Waals surface area contributed by atoms with Crippen molar-refractivity contribution in [2.75, 3.05) is 52.7 Å². The van der Waals surface area contributed by atoms with Gasteiger partial charge in [0, 0.05) is 58.1 Å². The molecule has 0 bridgehead atoms. The number of carbonyl (C=O) groups excluding carboxylic acids is 1. The summed E-state index contributed by atoms with van der Waals surface area (Å²) >= 11 is 0. The van der Waals surface area contributed by atoms with Gasteiger partial charge in [0.05, 0.1) is 18.3 Å². The van der Waals surface area contributed by atoms with Crippen molar-refractivity contribution in [1.29, 1.82) is 0 Å². The first-order valence-electron chi connectivity index (χ1n) is 23.8. The third-order valence-electron chi connectivity index (χ3n) is 15.7. The first-order valence-corrected chi connectivity index (χ1v) is 23.8. The smallest absolute Gasteiger partial charge is 0.410 e. The van der Waals surface area contributed by atoms with Gasteiger partial charge in [-0.25, -0.2) is 4.79 Å². The molecule has 4 saturated carbocycles. The van der Waals surface area contributed by atoms with E-state index in [0.29, 0.717) is 87.7 Å². The fourth-order valence-electron chi connectivity index (χ4n) is 12.5. The topological polar surface area (TPSA) is 118 Å². The highest BCUT2D eigenvalue weighted by molar-refractivity contribution is 5.67. The Labute approximate surface area is 352 Å². The number of fused-ring (bicyclic) bond motifs is 5. The van der Waals surface area contributed by atoms with Gasteiger partial charge in [0.25, 0.3) is 0 Å². The number of carbonyl (C=O) groups is 1. The molecular weight excluding hydrogens is 731 g/mol. The van der Waals surface area contributed by atoms with Gasteiger partial charge >= 0.3 is 6.09 Å². The number of hydrogen-bond acceptors (Lipinski definition) is 8. The van der Waals surface area contributed by atoms with E-state index < -0.39 is 0 Å². The minimum absolute atomic E-state index is 0.0186. The Hall–Kier alpha value is -1.75. The number of amides is 1. The minimum atomic E-state index is -0.198. The largest absolute Gasteiger partial charge is 0.445 e. The fourth-order valence-corrected chi connectivity index (χ4v) is 12.5. The van der Waals surface area contributed by atoms with Crippen molar-refractivity contribution in [1.82, 2.24) is 4.90 Å². The molecule has 0 aliphatic heterocycles. The third kappa shape index (κ3) is 12.0. The Kier molecular flexibility index (Phi) is 19.6. The summed E-state index contributed by atoms with van der Waals surface area (Å²) in [4.78, 5) is 15.5. The zero-order valence-corrected chi connectivity index (χ0v) is 37.0. The van der Waals surface area contributed by atoms with E-state index >= 15 is 0 Å². The fraction of sp³-hybridized carbons (Fsp3) is 0.857. The molecule has 58 heavy (non-hydrogen) atoms. The second-order valence-electron chi connectivity index (χ2n) is 19.2. The maximum absolute atomic E-state index is 13.5. The lowest BCUT2D eigenvalue weighted by molar-refractivity contribution is -0.228. The van der Waals surface area contributed by atoms with E-state index in [1.54, 1.807) is 0 Å². The predicted octanol–water partition coefficient (Wildman–Crippen LogP) is 9.58. The number of hydrogen-bond donors (Lipinski definition) is 3. The van der Waals surface area contributed by atoms with Gasteiger partial charge in [-0.1, -0.05) is 90.1 Å². The molecule has 4 aliphatic carbocycles. The minimum Gasteiger partial charge on any atom is -0.445 e. The van der Waals surface area contributed by atoms with Gasteiger partial charge in [0.2, 0.25) is 0 Å². The van der Waals surface area contributed by atoms with Crippen LogP contribution in [0.1, 0.15) is 149 Å². The Morgan fingerprint density at radius 2 is 1.45 bits per heavy atom. The molecule has 0 saturated heterocycles. The van der Waals surface area contributed by atoms with Crippen molar-refractivity contribution in [3.63, 3.8) is 0 Å². The molecule has 332 valence electrons. The molecule has 0 aromatic heterocycles. The number of unbranched alkanes of at least 4 members (excludes halogenated alkanes) is 5. The molecule has 9 heteroatoms. The summed E-state index contributed by atoms with van der Waals surface area (Å²) < 4.78 is 26.0. The van der Waals surface area contributed by atoms with Gasteiger partial charge in [0.15, 0.2) is 0 Å². The van der Waals surface area contributed by atoms with Crippen LogP contribution in [0, 0.1) is 46.3 Å². The molecule has 4 aliphatic rings. The van der Waals surface area contributed by atoms with Gasteiger partial charge in [-0.05, 0) is 130 Å². The Balaban J connectivity index is 1.30. The molecule has 11 atom stereocenters. The highest BCUT2D eigenvalue weighted by Crippen LogP contribution is 2.69. The van der Waals surface area contributed by atoms with Crippen molar-refractivity contribution in [3.8, 4) is 0 Å². The van der Waals surface area contributed by atoms with Crippen LogP contribution in [0.25, 0.3) is 0 Å². The lowest BCUT2D eigenvalue weighted by Gasteiger charge is -2.65. The zero-order valence-electron chi connectivity index (χ0n) is 37.0. The molecule has 9 nitrogen and oxygen atoms in total. The SMILES string of the molecule is CCCCCCCCN(CCCC(C)[C@H]1CC[C@H]2C3[C@H](OCCCO)CC4C[C@H](OCCCO)CC[C@]4(C)[C@H]3C[C@H](OCCCO)[C@]12C)C(=O)OCc1ccccc1. The number of rotatable bonds is 26. The van der Waals surface area contributed by atoms with Crippen molar-refractivity contribution in [3.05, 3.63) is 35.9 Å². The van der Waals surface area contributed by atoms with E-state index in [0.717, 1.165) is 69.9 Å². The first-order chi connectivity index (χ1) is 28.2. The van der Waals surface area contributed by atoms with Gasteiger partial charge in [-0.15, -0.1) is 0 Å². The third-order valence-corrected chi connectivity index (χ3v) is 15.7. The normalized spacial score (nSPS) is 32.3. The Morgan fingerprint density at radius 1 is 0.776 bits per heavy atom. The number of aliphatic hydroxyl groups excluding tert-OH is 3. The van der Waals surface area contributed by atoms with E-state index in [1.807, 2.05) is 35.2 Å². The van der Waals surface area contributed by atoms with E-state index in [1.165, 1.54) is 38.5 Å². The van der Waals surface area contributed by atoms with E-state index in [2.05, 4.69) is 27.7 Å². The summed E-state index contributed by atoms with van der Waals surface area (Å²) in [6, 6.07) is 9.98. The zero-order chi connectivity index (χ0) is 41.4. The summed E-state index contributed by atoms with van der Waals surface area (Å²) in [5, 5.41) is 28.9. The van der Waals surface area contributed by atoms with E-state index in [-0.39, 0.29) is 55.1 Å². The molecule has 1 aromatic rings. The van der Waals surface area contributed by atoms with Gasteiger partial charge < -0.3 is 39.2 Å². The molecule has 0 heterocycles. The Bertz CT molecular complexity index is 1300. The van der Waals surface area contributed by atoms with Crippen LogP contribution in [0.4, 0.5) is 4.79 Å². The summed E-state index contributed by atoms with van der Waals surface area (Å²) in [5.74, 6) is 2.86. The quantitative estimate of drug-likeness (QED) is 0.0793. The number of ether oxygens (including phenoxy) is 4. The first kappa shape index (κ1) is 47.3. The Morgan fingerprint density at radius 3 is 2.17 bits per heavy atom. The number of aliphatic hydroxyl groups is 3. The maximum atomic E-state index is 13.5. The second-order valence-corrected chi connectivity index (χ2v) is 19.2. The van der Waals surface area contributed by atoms with Crippen LogP contribution in [-0.4, -0.2) is 97.4 Å². The molecule has 5 rings (SSSR count). The highest BCUT2D eigenvalue weighted by atomic mass is 16.6. The average molecular weight is 814 g/mol. The van der Waals surface area contributed by atoms with Crippen molar-refractivity contribution < 1.29 is 39.1 Å². The van der Waals surface area contributed by atoms with Crippen LogP contribution >= 0.6 is 0 Å². The van der Waals surface area contributed by atoms with E-state index in [4.69, 9.17) is 18.9 Å². The number of nitrogens with zero attached hydrogens (tertiary/aromatic N) is 1. The molecule has 4 fully saturated rings. The predicted molar refractivity (Wildman–Crippen MR) is 230 cm³/mol.